The lowest BCUT2D eigenvalue weighted by Gasteiger charge is -1.56. The standard InChI is InChI=1S/C3H6O.HNO3/c1-3(2)4;2-1(3)4/h1-2H3;(H,2,3,4). The summed E-state index contributed by atoms with van der Waals surface area (Å²) in [4.78, 5) is 17.8. The molecule has 0 aromatic heterocycles. The Morgan fingerprint density at radius 1 is 1.62 bits per heavy atom. The van der Waals surface area contributed by atoms with E-state index in [1.54, 1.807) is 0 Å². The number of carbonyl (C=O) groups is 1. The molecular formula is C3H7NO4. The van der Waals surface area contributed by atoms with Crippen LogP contribution < -0.4 is 0 Å². The van der Waals surface area contributed by atoms with E-state index < -0.39 is 5.09 Å². The summed E-state index contributed by atoms with van der Waals surface area (Å²) in [6, 6.07) is 0. The zero-order valence-corrected chi connectivity index (χ0v) is 4.62. The van der Waals surface area contributed by atoms with Crippen molar-refractivity contribution in [2.45, 2.75) is 13.8 Å². The van der Waals surface area contributed by atoms with Crippen LogP contribution in [0, 0.1) is 10.1 Å². The molecule has 0 saturated heterocycles. The van der Waals surface area contributed by atoms with Gasteiger partial charge in [-0.05, 0) is 13.8 Å². The molecule has 0 heterocycles. The van der Waals surface area contributed by atoms with Crippen LogP contribution in [0.5, 0.6) is 0 Å². The fraction of sp³-hybridized carbons (Fsp3) is 0.667. The van der Waals surface area contributed by atoms with Gasteiger partial charge >= 0.3 is 0 Å². The zero-order chi connectivity index (χ0) is 7.15. The molecule has 0 radical (unpaired) electrons. The Bertz CT molecular complexity index is 69.3. The van der Waals surface area contributed by atoms with E-state index in [0.29, 0.717) is 0 Å². The van der Waals surface area contributed by atoms with Gasteiger partial charge in [0.05, 0.1) is 0 Å². The van der Waals surface area contributed by atoms with Crippen molar-refractivity contribution in [1.29, 1.82) is 0 Å². The van der Waals surface area contributed by atoms with Crippen LogP contribution in [-0.4, -0.2) is 16.1 Å². The number of Topliss-reactive ketones (excluding diaryl/α,β-unsaturated/α-hetero) is 1. The molecule has 0 rings (SSSR count). The molecule has 0 atom stereocenters. The Labute approximate surface area is 46.0 Å². The van der Waals surface area contributed by atoms with Gasteiger partial charge in [-0.25, -0.2) is 0 Å². The third-order valence-electron chi connectivity index (χ3n) is 0. The molecule has 0 spiro atoms. The molecule has 0 saturated carbocycles. The first kappa shape index (κ1) is 9.98. The van der Waals surface area contributed by atoms with Crippen molar-refractivity contribution in [1.82, 2.24) is 0 Å². The van der Waals surface area contributed by atoms with Crippen LogP contribution in [-0.2, 0) is 4.79 Å². The Morgan fingerprint density at radius 2 is 1.62 bits per heavy atom. The van der Waals surface area contributed by atoms with E-state index in [1.165, 1.54) is 13.8 Å². The van der Waals surface area contributed by atoms with E-state index >= 15 is 0 Å². The molecule has 0 aliphatic rings. The first-order valence-corrected chi connectivity index (χ1v) is 1.77. The van der Waals surface area contributed by atoms with Crippen molar-refractivity contribution in [2.24, 2.45) is 0 Å². The third-order valence-corrected chi connectivity index (χ3v) is 0. The zero-order valence-electron chi connectivity index (χ0n) is 4.62. The summed E-state index contributed by atoms with van der Waals surface area (Å²) in [7, 11) is 0. The van der Waals surface area contributed by atoms with E-state index in [4.69, 9.17) is 15.3 Å². The topological polar surface area (TPSA) is 80.4 Å². The van der Waals surface area contributed by atoms with Crippen LogP contribution in [0.25, 0.3) is 0 Å². The fourth-order valence-electron chi connectivity index (χ4n) is 0. The summed E-state index contributed by atoms with van der Waals surface area (Å²) in [5.74, 6) is 0.167. The molecule has 0 aromatic carbocycles. The molecule has 0 amide bonds. The third kappa shape index (κ3) is 57.1. The predicted octanol–water partition coefficient (Wildman–Crippen LogP) is 0.248. The molecular weight excluding hydrogens is 114 g/mol. The second kappa shape index (κ2) is 5.87. The Hall–Kier alpha value is -1.13. The lowest BCUT2D eigenvalue weighted by atomic mass is 10.6. The number of hydrogen-bond donors (Lipinski definition) is 1. The van der Waals surface area contributed by atoms with Gasteiger partial charge in [-0.3, -0.25) is 0 Å². The van der Waals surface area contributed by atoms with Crippen LogP contribution in [0.4, 0.5) is 0 Å². The van der Waals surface area contributed by atoms with Crippen LogP contribution in [0.15, 0.2) is 0 Å². The van der Waals surface area contributed by atoms with Gasteiger partial charge in [0, 0.05) is 0 Å². The van der Waals surface area contributed by atoms with Gasteiger partial charge in [-0.15, -0.1) is 10.1 Å². The van der Waals surface area contributed by atoms with Gasteiger partial charge < -0.3 is 10.0 Å². The van der Waals surface area contributed by atoms with Gasteiger partial charge in [0.15, 0.2) is 0 Å². The van der Waals surface area contributed by atoms with Crippen molar-refractivity contribution in [3.05, 3.63) is 10.1 Å². The predicted molar refractivity (Wildman–Crippen MR) is 25.1 cm³/mol. The summed E-state index contributed by atoms with van der Waals surface area (Å²) in [6.45, 7) is 3.06. The monoisotopic (exact) mass is 121 g/mol. The van der Waals surface area contributed by atoms with Crippen molar-refractivity contribution in [3.63, 3.8) is 0 Å². The van der Waals surface area contributed by atoms with E-state index in [-0.39, 0.29) is 5.78 Å². The number of ketones is 1. The van der Waals surface area contributed by atoms with Gasteiger partial charge in [0.2, 0.25) is 0 Å². The number of carbonyl (C=O) groups excluding carboxylic acids is 1. The lowest BCUT2D eigenvalue weighted by Crippen LogP contribution is -1.81. The number of hydrogen-bond acceptors (Lipinski definition) is 3. The van der Waals surface area contributed by atoms with Crippen LogP contribution in [0.1, 0.15) is 13.8 Å². The highest BCUT2D eigenvalue weighted by atomic mass is 16.9. The molecule has 0 aromatic rings. The van der Waals surface area contributed by atoms with E-state index in [0.717, 1.165) is 0 Å². The van der Waals surface area contributed by atoms with Crippen LogP contribution in [0.3, 0.4) is 0 Å². The molecule has 1 N–H and O–H groups in total. The Kier molecular flexibility index (Phi) is 7.32. The van der Waals surface area contributed by atoms with E-state index in [2.05, 4.69) is 0 Å². The Balaban J connectivity index is 0. The van der Waals surface area contributed by atoms with Gasteiger partial charge in [0.25, 0.3) is 5.09 Å². The molecule has 0 bridgehead atoms. The Morgan fingerprint density at radius 3 is 1.62 bits per heavy atom. The van der Waals surface area contributed by atoms with Crippen molar-refractivity contribution < 1.29 is 15.1 Å². The maximum atomic E-state index is 9.44. The van der Waals surface area contributed by atoms with Gasteiger partial charge in [-0.2, -0.15) is 0 Å². The minimum Gasteiger partial charge on any atom is -0.328 e. The average molecular weight is 121 g/mol. The molecule has 5 heteroatoms. The molecule has 0 fully saturated rings. The smallest absolute Gasteiger partial charge is 0.291 e. The fourth-order valence-corrected chi connectivity index (χ4v) is 0. The van der Waals surface area contributed by atoms with Crippen molar-refractivity contribution in [3.8, 4) is 0 Å². The minimum atomic E-state index is -1.50. The number of rotatable bonds is 0. The van der Waals surface area contributed by atoms with E-state index in [9.17, 15) is 4.79 Å². The summed E-state index contributed by atoms with van der Waals surface area (Å²) in [6.07, 6.45) is 0. The number of nitrogens with zero attached hydrogens (tertiary/aromatic N) is 1. The quantitative estimate of drug-likeness (QED) is 0.368. The molecule has 0 aliphatic carbocycles. The highest BCUT2D eigenvalue weighted by Crippen LogP contribution is 1.50. The van der Waals surface area contributed by atoms with Crippen LogP contribution in [0.2, 0.25) is 0 Å². The SMILES string of the molecule is CC(C)=O.O=[N+]([O-])O. The molecule has 8 heavy (non-hydrogen) atoms. The average Bonchev–Trinajstić information content (AvgIpc) is 1.25. The highest BCUT2D eigenvalue weighted by Gasteiger charge is 1.65. The first-order valence-electron chi connectivity index (χ1n) is 1.77. The van der Waals surface area contributed by atoms with Crippen molar-refractivity contribution in [2.75, 3.05) is 0 Å². The van der Waals surface area contributed by atoms with Gasteiger partial charge in [0.1, 0.15) is 5.78 Å². The normalized spacial score (nSPS) is 6.25. The second-order valence-corrected chi connectivity index (χ2v) is 1.15. The first-order chi connectivity index (χ1) is 3.46. The summed E-state index contributed by atoms with van der Waals surface area (Å²) in [5.41, 5.74) is 0. The maximum Gasteiger partial charge on any atom is 0.291 e. The molecule has 0 aliphatic heterocycles. The van der Waals surface area contributed by atoms with Gasteiger partial charge in [-0.1, -0.05) is 0 Å². The van der Waals surface area contributed by atoms with E-state index in [1.807, 2.05) is 0 Å². The highest BCUT2D eigenvalue weighted by molar-refractivity contribution is 5.72. The molecule has 5 nitrogen and oxygen atoms in total. The minimum absolute atomic E-state index is 0.167. The molecule has 48 valence electrons. The lowest BCUT2D eigenvalue weighted by molar-refractivity contribution is -0.742. The summed E-state index contributed by atoms with van der Waals surface area (Å²) >= 11 is 0. The molecule has 0 unspecified atom stereocenters. The second-order valence-electron chi connectivity index (χ2n) is 1.15. The maximum absolute atomic E-state index is 9.44. The largest absolute Gasteiger partial charge is 0.328 e. The van der Waals surface area contributed by atoms with Crippen molar-refractivity contribution >= 4 is 5.78 Å². The summed E-state index contributed by atoms with van der Waals surface area (Å²) in [5, 5.41) is 13.6. The van der Waals surface area contributed by atoms with Crippen LogP contribution >= 0.6 is 0 Å². The summed E-state index contributed by atoms with van der Waals surface area (Å²) < 4.78 is 0.